The van der Waals surface area contributed by atoms with Crippen LogP contribution in [0.15, 0.2) is 78.2 Å². The normalized spacial score (nSPS) is 10.5. The number of phenols is 1. The first-order chi connectivity index (χ1) is 15.0. The maximum absolute atomic E-state index is 12.4. The largest absolute Gasteiger partial charge is 0.507 e. The summed E-state index contributed by atoms with van der Waals surface area (Å²) in [6, 6.07) is 20.6. The summed E-state index contributed by atoms with van der Waals surface area (Å²) in [4.78, 5) is 27.9. The van der Waals surface area contributed by atoms with Gasteiger partial charge in [-0.25, -0.2) is 9.78 Å². The Kier molecular flexibility index (Phi) is 5.63. The predicted molar refractivity (Wildman–Crippen MR) is 120 cm³/mol. The van der Waals surface area contributed by atoms with E-state index in [1.54, 1.807) is 18.2 Å². The third-order valence-corrected chi connectivity index (χ3v) is 5.19. The van der Waals surface area contributed by atoms with Crippen molar-refractivity contribution in [2.45, 2.75) is 0 Å². The summed E-state index contributed by atoms with van der Waals surface area (Å²) in [5.41, 5.74) is 3.13. The smallest absolute Gasteiger partial charge is 0.339 e. The van der Waals surface area contributed by atoms with Crippen molar-refractivity contribution >= 4 is 39.7 Å². The fraction of sp³-hybridized carbons (Fsp3) is 0. The molecule has 0 saturated carbocycles. The fourth-order valence-corrected chi connectivity index (χ4v) is 3.67. The highest BCUT2D eigenvalue weighted by atomic mass is 32.1. The lowest BCUT2D eigenvalue weighted by molar-refractivity contribution is 0.0693. The van der Waals surface area contributed by atoms with E-state index in [0.29, 0.717) is 22.1 Å². The van der Waals surface area contributed by atoms with Crippen LogP contribution in [0.3, 0.4) is 0 Å². The quantitative estimate of drug-likeness (QED) is 0.333. The second kappa shape index (κ2) is 8.68. The van der Waals surface area contributed by atoms with Gasteiger partial charge < -0.3 is 20.8 Å². The monoisotopic (exact) mass is 431 g/mol. The molecule has 0 spiro atoms. The van der Waals surface area contributed by atoms with Gasteiger partial charge in [-0.15, -0.1) is 11.3 Å². The molecule has 0 bridgehead atoms. The summed E-state index contributed by atoms with van der Waals surface area (Å²) in [6.07, 6.45) is 0. The predicted octanol–water partition coefficient (Wildman–Crippen LogP) is 5.21. The summed E-state index contributed by atoms with van der Waals surface area (Å²) >= 11 is 1.36. The molecule has 0 aliphatic rings. The standard InChI is InChI=1S/C23H17N3O4S/c27-20-12-17(9-10-18(20)22(29)30)25-23-26-19(13-31-23)15-7-4-8-16(11-15)24-21(28)14-5-2-1-3-6-14/h1-13,27H,(H,24,28)(H,25,26)(H,29,30). The average Bonchev–Trinajstić information content (AvgIpc) is 3.23. The van der Waals surface area contributed by atoms with E-state index < -0.39 is 5.97 Å². The van der Waals surface area contributed by atoms with E-state index in [1.807, 2.05) is 47.8 Å². The molecule has 1 amide bonds. The molecule has 0 atom stereocenters. The second-order valence-corrected chi connectivity index (χ2v) is 7.46. The van der Waals surface area contributed by atoms with Gasteiger partial charge in [0.05, 0.1) is 5.69 Å². The van der Waals surface area contributed by atoms with Crippen LogP contribution in [0, 0.1) is 0 Å². The number of hydrogen-bond donors (Lipinski definition) is 4. The molecule has 0 unspecified atom stereocenters. The molecule has 31 heavy (non-hydrogen) atoms. The highest BCUT2D eigenvalue weighted by Crippen LogP contribution is 2.30. The maximum atomic E-state index is 12.4. The number of nitrogens with zero attached hydrogens (tertiary/aromatic N) is 1. The Balaban J connectivity index is 1.49. The Hall–Kier alpha value is -4.17. The Morgan fingerprint density at radius 1 is 0.903 bits per heavy atom. The number of aromatic hydroxyl groups is 1. The molecule has 0 radical (unpaired) electrons. The van der Waals surface area contributed by atoms with E-state index >= 15 is 0 Å². The first kappa shape index (κ1) is 20.1. The van der Waals surface area contributed by atoms with Crippen LogP contribution >= 0.6 is 11.3 Å². The van der Waals surface area contributed by atoms with Gasteiger partial charge in [0, 0.05) is 33.9 Å². The van der Waals surface area contributed by atoms with E-state index in [4.69, 9.17) is 5.11 Å². The number of carboxylic acids is 1. The molecule has 3 aromatic carbocycles. The third-order valence-electron chi connectivity index (χ3n) is 4.44. The number of nitrogens with one attached hydrogen (secondary N) is 2. The molecule has 8 heteroatoms. The molecular formula is C23H17N3O4S. The third kappa shape index (κ3) is 4.71. The Bertz CT molecular complexity index is 1250. The number of rotatable bonds is 6. The van der Waals surface area contributed by atoms with Crippen LogP contribution in [0.2, 0.25) is 0 Å². The summed E-state index contributed by atoms with van der Waals surface area (Å²) in [7, 11) is 0. The van der Waals surface area contributed by atoms with E-state index in [2.05, 4.69) is 15.6 Å². The number of carbonyl (C=O) groups is 2. The van der Waals surface area contributed by atoms with Crippen LogP contribution in [0.25, 0.3) is 11.3 Å². The molecule has 4 rings (SSSR count). The number of benzene rings is 3. The summed E-state index contributed by atoms with van der Waals surface area (Å²) in [5.74, 6) is -1.71. The molecule has 4 N–H and O–H groups in total. The van der Waals surface area contributed by atoms with Crippen molar-refractivity contribution in [3.05, 3.63) is 89.3 Å². The zero-order valence-electron chi connectivity index (χ0n) is 16.1. The van der Waals surface area contributed by atoms with E-state index in [9.17, 15) is 14.7 Å². The van der Waals surface area contributed by atoms with Crippen molar-refractivity contribution in [1.82, 2.24) is 4.98 Å². The van der Waals surface area contributed by atoms with E-state index in [0.717, 1.165) is 11.3 Å². The highest BCUT2D eigenvalue weighted by molar-refractivity contribution is 7.14. The van der Waals surface area contributed by atoms with Gasteiger partial charge >= 0.3 is 5.97 Å². The number of aromatic nitrogens is 1. The van der Waals surface area contributed by atoms with Crippen LogP contribution < -0.4 is 10.6 Å². The van der Waals surface area contributed by atoms with Gasteiger partial charge in [-0.05, 0) is 36.4 Å². The first-order valence-electron chi connectivity index (χ1n) is 9.25. The maximum Gasteiger partial charge on any atom is 0.339 e. The molecule has 0 fully saturated rings. The van der Waals surface area contributed by atoms with Crippen LogP contribution in [0.4, 0.5) is 16.5 Å². The average molecular weight is 431 g/mol. The molecule has 0 aliphatic carbocycles. The van der Waals surface area contributed by atoms with Crippen molar-refractivity contribution in [2.75, 3.05) is 10.6 Å². The molecular weight excluding hydrogens is 414 g/mol. The van der Waals surface area contributed by atoms with Crippen LogP contribution in [-0.4, -0.2) is 27.1 Å². The van der Waals surface area contributed by atoms with Gasteiger partial charge in [-0.3, -0.25) is 4.79 Å². The minimum absolute atomic E-state index is 0.167. The van der Waals surface area contributed by atoms with Gasteiger partial charge in [0.15, 0.2) is 5.13 Å². The lowest BCUT2D eigenvalue weighted by Crippen LogP contribution is -2.11. The molecule has 1 heterocycles. The summed E-state index contributed by atoms with van der Waals surface area (Å²) in [5, 5.41) is 27.2. The lowest BCUT2D eigenvalue weighted by atomic mass is 10.1. The lowest BCUT2D eigenvalue weighted by Gasteiger charge is -2.07. The van der Waals surface area contributed by atoms with E-state index in [-0.39, 0.29) is 17.2 Å². The number of hydrogen-bond acceptors (Lipinski definition) is 6. The van der Waals surface area contributed by atoms with Gasteiger partial charge in [0.25, 0.3) is 5.91 Å². The zero-order chi connectivity index (χ0) is 21.8. The van der Waals surface area contributed by atoms with Crippen molar-refractivity contribution in [3.8, 4) is 17.0 Å². The molecule has 0 aliphatic heterocycles. The van der Waals surface area contributed by atoms with E-state index in [1.165, 1.54) is 23.5 Å². The molecule has 1 aromatic heterocycles. The van der Waals surface area contributed by atoms with Gasteiger partial charge in [-0.1, -0.05) is 30.3 Å². The SMILES string of the molecule is O=C(Nc1cccc(-c2csc(Nc3ccc(C(=O)O)c(O)c3)n2)c1)c1ccccc1. The fourth-order valence-electron chi connectivity index (χ4n) is 2.93. The van der Waals surface area contributed by atoms with Crippen LogP contribution in [0.5, 0.6) is 5.75 Å². The van der Waals surface area contributed by atoms with Crippen LogP contribution in [0.1, 0.15) is 20.7 Å². The Morgan fingerprint density at radius 3 is 2.45 bits per heavy atom. The number of amides is 1. The van der Waals surface area contributed by atoms with Crippen molar-refractivity contribution in [3.63, 3.8) is 0 Å². The topological polar surface area (TPSA) is 112 Å². The molecule has 7 nitrogen and oxygen atoms in total. The van der Waals surface area contributed by atoms with Crippen molar-refractivity contribution in [2.24, 2.45) is 0 Å². The second-order valence-electron chi connectivity index (χ2n) is 6.60. The molecule has 154 valence electrons. The number of thiazole rings is 1. The van der Waals surface area contributed by atoms with Crippen LogP contribution in [-0.2, 0) is 0 Å². The Morgan fingerprint density at radius 2 is 1.71 bits per heavy atom. The van der Waals surface area contributed by atoms with Gasteiger partial charge in [0.2, 0.25) is 0 Å². The highest BCUT2D eigenvalue weighted by Gasteiger charge is 2.12. The minimum atomic E-state index is -1.19. The number of anilines is 3. The number of carbonyl (C=O) groups excluding carboxylic acids is 1. The summed E-state index contributed by atoms with van der Waals surface area (Å²) in [6.45, 7) is 0. The van der Waals surface area contributed by atoms with Gasteiger partial charge in [-0.2, -0.15) is 0 Å². The minimum Gasteiger partial charge on any atom is -0.507 e. The Labute approximate surface area is 181 Å². The van der Waals surface area contributed by atoms with Gasteiger partial charge in [0.1, 0.15) is 11.3 Å². The number of aromatic carboxylic acids is 1. The molecule has 0 saturated heterocycles. The first-order valence-corrected chi connectivity index (χ1v) is 10.1. The zero-order valence-corrected chi connectivity index (χ0v) is 16.9. The van der Waals surface area contributed by atoms with Crippen molar-refractivity contribution < 1.29 is 19.8 Å². The number of carboxylic acid groups (broad SMARTS) is 1. The van der Waals surface area contributed by atoms with Crippen molar-refractivity contribution in [1.29, 1.82) is 0 Å². The summed E-state index contributed by atoms with van der Waals surface area (Å²) < 4.78 is 0. The molecule has 4 aromatic rings.